The number of nitrogens with two attached hydrogens (primary N) is 1. The van der Waals surface area contributed by atoms with E-state index >= 15 is 0 Å². The standard InChI is InChI=1S/C15H13Cl3N2O/c1-15(14(19)21,12-8-10(17)4-7-13(12)18)20-11-5-2-9(16)3-6-11/h2-8,20H,1H3,(H2,19,21). The molecule has 0 spiro atoms. The number of carbonyl (C=O) groups excluding carboxylic acids is 1. The maximum Gasteiger partial charge on any atom is 0.247 e. The SMILES string of the molecule is CC(Nc1ccc(Cl)cc1)(C(N)=O)c1cc(Cl)ccc1Cl. The van der Waals surface area contributed by atoms with E-state index in [0.717, 1.165) is 0 Å². The van der Waals surface area contributed by atoms with Crippen LogP contribution < -0.4 is 11.1 Å². The predicted molar refractivity (Wildman–Crippen MR) is 88.1 cm³/mol. The van der Waals surface area contributed by atoms with Gasteiger partial charge in [-0.05, 0) is 49.4 Å². The first-order valence-corrected chi connectivity index (χ1v) is 7.25. The molecule has 2 rings (SSSR count). The minimum atomic E-state index is -1.20. The van der Waals surface area contributed by atoms with Crippen LogP contribution in [-0.4, -0.2) is 5.91 Å². The van der Waals surface area contributed by atoms with Crippen LogP contribution in [0.5, 0.6) is 0 Å². The first kappa shape index (κ1) is 16.0. The Morgan fingerprint density at radius 2 is 1.62 bits per heavy atom. The molecule has 0 saturated carbocycles. The topological polar surface area (TPSA) is 55.1 Å². The molecule has 3 N–H and O–H groups in total. The monoisotopic (exact) mass is 342 g/mol. The first-order chi connectivity index (χ1) is 9.83. The Labute approximate surface area is 138 Å². The lowest BCUT2D eigenvalue weighted by Gasteiger charge is -2.30. The van der Waals surface area contributed by atoms with Crippen molar-refractivity contribution in [2.24, 2.45) is 5.73 Å². The summed E-state index contributed by atoms with van der Waals surface area (Å²) in [6.07, 6.45) is 0. The van der Waals surface area contributed by atoms with Gasteiger partial charge in [-0.1, -0.05) is 34.8 Å². The molecule has 0 fully saturated rings. The van der Waals surface area contributed by atoms with E-state index < -0.39 is 11.4 Å². The Balaban J connectivity index is 2.47. The van der Waals surface area contributed by atoms with Crippen molar-refractivity contribution in [2.75, 3.05) is 5.32 Å². The average molecular weight is 344 g/mol. The summed E-state index contributed by atoms with van der Waals surface area (Å²) in [5, 5.41) is 4.57. The van der Waals surface area contributed by atoms with Crippen LogP contribution in [0, 0.1) is 0 Å². The number of amides is 1. The summed E-state index contributed by atoms with van der Waals surface area (Å²) < 4.78 is 0. The number of halogens is 3. The van der Waals surface area contributed by atoms with E-state index in [9.17, 15) is 4.79 Å². The van der Waals surface area contributed by atoms with E-state index in [0.29, 0.717) is 26.3 Å². The molecule has 3 nitrogen and oxygen atoms in total. The highest BCUT2D eigenvalue weighted by molar-refractivity contribution is 6.34. The number of carbonyl (C=O) groups is 1. The third-order valence-electron chi connectivity index (χ3n) is 3.20. The van der Waals surface area contributed by atoms with E-state index in [1.54, 1.807) is 49.4 Å². The van der Waals surface area contributed by atoms with Gasteiger partial charge in [0.15, 0.2) is 0 Å². The Morgan fingerprint density at radius 1 is 1.05 bits per heavy atom. The van der Waals surface area contributed by atoms with Crippen LogP contribution >= 0.6 is 34.8 Å². The summed E-state index contributed by atoms with van der Waals surface area (Å²) in [7, 11) is 0. The Kier molecular flexibility index (Phi) is 4.67. The Morgan fingerprint density at radius 3 is 2.19 bits per heavy atom. The van der Waals surface area contributed by atoms with Gasteiger partial charge in [-0.15, -0.1) is 0 Å². The van der Waals surface area contributed by atoms with Crippen LogP contribution in [0.2, 0.25) is 15.1 Å². The molecule has 1 unspecified atom stereocenters. The number of nitrogens with one attached hydrogen (secondary N) is 1. The summed E-state index contributed by atoms with van der Waals surface area (Å²) in [6.45, 7) is 1.65. The maximum absolute atomic E-state index is 12.0. The largest absolute Gasteiger partial charge is 0.368 e. The van der Waals surface area contributed by atoms with Crippen LogP contribution in [-0.2, 0) is 10.3 Å². The molecular weight excluding hydrogens is 331 g/mol. The van der Waals surface area contributed by atoms with Gasteiger partial charge >= 0.3 is 0 Å². The van der Waals surface area contributed by atoms with Crippen LogP contribution in [0.15, 0.2) is 42.5 Å². The molecule has 0 saturated heterocycles. The number of rotatable bonds is 4. The van der Waals surface area contributed by atoms with Gasteiger partial charge in [-0.3, -0.25) is 4.79 Å². The van der Waals surface area contributed by atoms with Crippen molar-refractivity contribution < 1.29 is 4.79 Å². The van der Waals surface area contributed by atoms with Crippen LogP contribution in [0.25, 0.3) is 0 Å². The fourth-order valence-corrected chi connectivity index (χ4v) is 2.57. The van der Waals surface area contributed by atoms with Crippen LogP contribution in [0.1, 0.15) is 12.5 Å². The van der Waals surface area contributed by atoms with Crippen molar-refractivity contribution in [3.8, 4) is 0 Å². The lowest BCUT2D eigenvalue weighted by molar-refractivity contribution is -0.122. The molecule has 1 amide bonds. The van der Waals surface area contributed by atoms with Crippen molar-refractivity contribution in [3.63, 3.8) is 0 Å². The summed E-state index contributed by atoms with van der Waals surface area (Å²) in [6, 6.07) is 11.8. The van der Waals surface area contributed by atoms with E-state index in [2.05, 4.69) is 5.32 Å². The molecule has 21 heavy (non-hydrogen) atoms. The lowest BCUT2D eigenvalue weighted by Crippen LogP contribution is -2.45. The number of hydrogen-bond acceptors (Lipinski definition) is 2. The highest BCUT2D eigenvalue weighted by atomic mass is 35.5. The second kappa shape index (κ2) is 6.14. The van der Waals surface area contributed by atoms with Crippen LogP contribution in [0.3, 0.4) is 0 Å². The molecule has 2 aromatic carbocycles. The van der Waals surface area contributed by atoms with Gasteiger partial charge in [0.1, 0.15) is 5.54 Å². The smallest absolute Gasteiger partial charge is 0.247 e. The lowest BCUT2D eigenvalue weighted by atomic mass is 9.90. The second-order valence-electron chi connectivity index (χ2n) is 4.75. The molecule has 2 aromatic rings. The van der Waals surface area contributed by atoms with Crippen molar-refractivity contribution in [1.29, 1.82) is 0 Å². The molecular formula is C15H13Cl3N2O. The molecule has 0 bridgehead atoms. The summed E-state index contributed by atoms with van der Waals surface area (Å²) in [4.78, 5) is 12.0. The van der Waals surface area contributed by atoms with Gasteiger partial charge < -0.3 is 11.1 Å². The zero-order valence-corrected chi connectivity index (χ0v) is 13.4. The fraction of sp³-hybridized carbons (Fsp3) is 0.133. The highest BCUT2D eigenvalue weighted by Crippen LogP contribution is 2.33. The van der Waals surface area contributed by atoms with E-state index in [4.69, 9.17) is 40.5 Å². The first-order valence-electron chi connectivity index (χ1n) is 6.12. The van der Waals surface area contributed by atoms with Gasteiger partial charge in [-0.2, -0.15) is 0 Å². The van der Waals surface area contributed by atoms with Crippen molar-refractivity contribution >= 4 is 46.4 Å². The van der Waals surface area contributed by atoms with Gasteiger partial charge in [0, 0.05) is 26.3 Å². The normalized spacial score (nSPS) is 13.5. The maximum atomic E-state index is 12.0. The average Bonchev–Trinajstić information content (AvgIpc) is 2.43. The van der Waals surface area contributed by atoms with Crippen molar-refractivity contribution in [2.45, 2.75) is 12.5 Å². The van der Waals surface area contributed by atoms with E-state index in [1.165, 1.54) is 0 Å². The minimum Gasteiger partial charge on any atom is -0.368 e. The third-order valence-corrected chi connectivity index (χ3v) is 4.02. The highest BCUT2D eigenvalue weighted by Gasteiger charge is 2.35. The third kappa shape index (κ3) is 3.43. The van der Waals surface area contributed by atoms with Crippen molar-refractivity contribution in [1.82, 2.24) is 0 Å². The zero-order chi connectivity index (χ0) is 15.6. The van der Waals surface area contributed by atoms with Gasteiger partial charge in [0.25, 0.3) is 0 Å². The Hall–Kier alpha value is -1.42. The molecule has 6 heteroatoms. The predicted octanol–water partition coefficient (Wildman–Crippen LogP) is 4.46. The molecule has 0 aromatic heterocycles. The molecule has 0 aliphatic rings. The summed E-state index contributed by atoms with van der Waals surface area (Å²) in [5.74, 6) is -0.568. The molecule has 110 valence electrons. The van der Waals surface area contributed by atoms with E-state index in [1.807, 2.05) is 0 Å². The zero-order valence-electron chi connectivity index (χ0n) is 11.2. The molecule has 0 aliphatic carbocycles. The molecule has 0 heterocycles. The van der Waals surface area contributed by atoms with Gasteiger partial charge in [0.05, 0.1) is 0 Å². The Bertz CT molecular complexity index is 673. The van der Waals surface area contributed by atoms with Crippen LogP contribution in [0.4, 0.5) is 5.69 Å². The molecule has 1 atom stereocenters. The van der Waals surface area contributed by atoms with Crippen molar-refractivity contribution in [3.05, 3.63) is 63.1 Å². The van der Waals surface area contributed by atoms with Gasteiger partial charge in [0.2, 0.25) is 5.91 Å². The van der Waals surface area contributed by atoms with E-state index in [-0.39, 0.29) is 0 Å². The minimum absolute atomic E-state index is 0.405. The molecule has 0 radical (unpaired) electrons. The number of primary amides is 1. The number of anilines is 1. The second-order valence-corrected chi connectivity index (χ2v) is 6.03. The molecule has 0 aliphatic heterocycles. The summed E-state index contributed by atoms with van der Waals surface area (Å²) in [5.41, 5.74) is 5.58. The quantitative estimate of drug-likeness (QED) is 0.861. The number of benzene rings is 2. The number of hydrogen-bond donors (Lipinski definition) is 2. The fourth-order valence-electron chi connectivity index (χ4n) is 1.96. The summed E-state index contributed by atoms with van der Waals surface area (Å²) >= 11 is 18.0. The van der Waals surface area contributed by atoms with Gasteiger partial charge in [-0.25, -0.2) is 0 Å².